The van der Waals surface area contributed by atoms with Gasteiger partial charge in [-0.3, -0.25) is 19.5 Å². The van der Waals surface area contributed by atoms with Gasteiger partial charge in [0.1, 0.15) is 4.83 Å². The second-order valence-corrected chi connectivity index (χ2v) is 10.3. The van der Waals surface area contributed by atoms with Crippen LogP contribution in [0.5, 0.6) is 0 Å². The number of nitrogens with one attached hydrogen (secondary N) is 2. The minimum atomic E-state index is -0.510. The van der Waals surface area contributed by atoms with Gasteiger partial charge in [0.15, 0.2) is 5.16 Å². The second kappa shape index (κ2) is 9.96. The first kappa shape index (κ1) is 22.8. The number of carbonyl (C=O) groups excluding carboxylic acids is 2. The molecule has 0 spiro atoms. The Balaban J connectivity index is 1.91. The van der Waals surface area contributed by atoms with Crippen molar-refractivity contribution in [3.63, 3.8) is 0 Å². The molecular formula is C21H30N4O3S2. The van der Waals surface area contributed by atoms with Crippen LogP contribution >= 0.6 is 23.1 Å². The van der Waals surface area contributed by atoms with Crippen molar-refractivity contribution >= 4 is 45.3 Å². The van der Waals surface area contributed by atoms with E-state index >= 15 is 0 Å². The lowest BCUT2D eigenvalue weighted by atomic mass is 9.89. The predicted octanol–water partition coefficient (Wildman–Crippen LogP) is 3.57. The minimum absolute atomic E-state index is 0.000614. The summed E-state index contributed by atoms with van der Waals surface area (Å²) in [5.41, 5.74) is 1.17. The summed E-state index contributed by atoms with van der Waals surface area (Å²) in [5.74, 6) is 0.693. The van der Waals surface area contributed by atoms with Gasteiger partial charge in [-0.15, -0.1) is 11.3 Å². The van der Waals surface area contributed by atoms with Crippen LogP contribution in [-0.2, 0) is 24.2 Å². The topological polar surface area (TPSA) is 93.1 Å². The first-order valence-electron chi connectivity index (χ1n) is 10.6. The first-order valence-corrected chi connectivity index (χ1v) is 12.4. The molecule has 0 saturated carbocycles. The van der Waals surface area contributed by atoms with Crippen molar-refractivity contribution in [1.82, 2.24) is 20.2 Å². The maximum atomic E-state index is 13.4. The summed E-state index contributed by atoms with van der Waals surface area (Å²) >= 11 is 2.82. The summed E-state index contributed by atoms with van der Waals surface area (Å²) in [6.45, 7) is 9.29. The van der Waals surface area contributed by atoms with E-state index in [2.05, 4.69) is 31.4 Å². The van der Waals surface area contributed by atoms with E-state index in [1.165, 1.54) is 22.2 Å². The summed E-state index contributed by atoms with van der Waals surface area (Å²) < 4.78 is 1.72. The maximum absolute atomic E-state index is 13.4. The Hall–Kier alpha value is -1.87. The van der Waals surface area contributed by atoms with Crippen LogP contribution in [0.4, 0.5) is 4.79 Å². The number of imide groups is 1. The van der Waals surface area contributed by atoms with Crippen LogP contribution in [0.3, 0.4) is 0 Å². The number of nitrogens with zero attached hydrogens (tertiary/aromatic N) is 2. The highest BCUT2D eigenvalue weighted by atomic mass is 32.2. The van der Waals surface area contributed by atoms with Gasteiger partial charge in [0, 0.05) is 18.0 Å². The van der Waals surface area contributed by atoms with Gasteiger partial charge in [-0.05, 0) is 50.0 Å². The largest absolute Gasteiger partial charge is 0.338 e. The SMILES string of the molecule is CCNC(=O)NC(=O)CSc1nc2sc3c(c2c(=O)n1CCC(C)C)CCC(C)C3. The third-order valence-corrected chi connectivity index (χ3v) is 7.36. The van der Waals surface area contributed by atoms with Crippen molar-refractivity contribution in [2.24, 2.45) is 11.8 Å². The summed E-state index contributed by atoms with van der Waals surface area (Å²) in [7, 11) is 0. The Morgan fingerprint density at radius 2 is 2.13 bits per heavy atom. The molecule has 0 saturated heterocycles. The predicted molar refractivity (Wildman–Crippen MR) is 122 cm³/mol. The normalized spacial score (nSPS) is 16.0. The number of amides is 3. The van der Waals surface area contributed by atoms with Gasteiger partial charge < -0.3 is 5.32 Å². The molecule has 0 bridgehead atoms. The number of hydrogen-bond acceptors (Lipinski definition) is 6. The fourth-order valence-electron chi connectivity index (χ4n) is 3.60. The quantitative estimate of drug-likeness (QED) is 0.497. The van der Waals surface area contributed by atoms with Crippen LogP contribution in [0.2, 0.25) is 0 Å². The summed E-state index contributed by atoms with van der Waals surface area (Å²) in [5, 5.41) is 6.14. The molecular weight excluding hydrogens is 420 g/mol. The summed E-state index contributed by atoms with van der Waals surface area (Å²) in [6.07, 6.45) is 3.88. The number of urea groups is 1. The molecule has 2 N–H and O–H groups in total. The number of thioether (sulfide) groups is 1. The van der Waals surface area contributed by atoms with Crippen molar-refractivity contribution in [3.05, 3.63) is 20.8 Å². The van der Waals surface area contributed by atoms with Crippen LogP contribution in [-0.4, -0.2) is 33.8 Å². The molecule has 1 atom stereocenters. The number of aromatic nitrogens is 2. The highest BCUT2D eigenvalue weighted by Gasteiger charge is 2.25. The lowest BCUT2D eigenvalue weighted by Gasteiger charge is -2.18. The summed E-state index contributed by atoms with van der Waals surface area (Å²) in [6, 6.07) is -0.510. The second-order valence-electron chi connectivity index (χ2n) is 8.26. The van der Waals surface area contributed by atoms with Crippen molar-refractivity contribution in [1.29, 1.82) is 0 Å². The Kier molecular flexibility index (Phi) is 7.57. The number of thiophene rings is 1. The van der Waals surface area contributed by atoms with E-state index in [0.29, 0.717) is 30.1 Å². The molecule has 1 unspecified atom stereocenters. The number of hydrogen-bond donors (Lipinski definition) is 2. The molecule has 2 aromatic rings. The average molecular weight is 451 g/mol. The van der Waals surface area contributed by atoms with Crippen LogP contribution in [0.25, 0.3) is 10.2 Å². The monoisotopic (exact) mass is 450 g/mol. The molecule has 9 heteroatoms. The van der Waals surface area contributed by atoms with Gasteiger partial charge in [0.05, 0.1) is 11.1 Å². The number of rotatable bonds is 7. The molecule has 164 valence electrons. The third kappa shape index (κ3) is 5.24. The fraction of sp³-hybridized carbons (Fsp3) is 0.619. The van der Waals surface area contributed by atoms with Crippen LogP contribution in [0, 0.1) is 11.8 Å². The Morgan fingerprint density at radius 3 is 2.83 bits per heavy atom. The first-order chi connectivity index (χ1) is 14.3. The van der Waals surface area contributed by atoms with Gasteiger partial charge in [-0.2, -0.15) is 0 Å². The van der Waals surface area contributed by atoms with Crippen LogP contribution in [0.1, 0.15) is 51.0 Å². The molecule has 2 heterocycles. The zero-order chi connectivity index (χ0) is 21.8. The molecule has 7 nitrogen and oxygen atoms in total. The smallest absolute Gasteiger partial charge is 0.321 e. The minimum Gasteiger partial charge on any atom is -0.338 e. The molecule has 0 fully saturated rings. The van der Waals surface area contributed by atoms with E-state index in [1.54, 1.807) is 22.8 Å². The number of fused-ring (bicyclic) bond motifs is 3. The molecule has 1 aliphatic carbocycles. The van der Waals surface area contributed by atoms with E-state index in [4.69, 9.17) is 4.98 Å². The molecule has 3 amide bonds. The Bertz CT molecular complexity index is 996. The molecule has 0 radical (unpaired) electrons. The van der Waals surface area contributed by atoms with Gasteiger partial charge >= 0.3 is 6.03 Å². The highest BCUT2D eigenvalue weighted by molar-refractivity contribution is 7.99. The van der Waals surface area contributed by atoms with E-state index in [-0.39, 0.29) is 11.3 Å². The zero-order valence-electron chi connectivity index (χ0n) is 18.0. The fourth-order valence-corrected chi connectivity index (χ4v) is 5.85. The summed E-state index contributed by atoms with van der Waals surface area (Å²) in [4.78, 5) is 44.0. The standard InChI is InChI=1S/C21H30N4O3S2/c1-5-22-20(28)23-16(26)11-29-21-24-18-17(19(27)25(21)9-8-12(2)3)14-7-6-13(4)10-15(14)30-18/h12-13H,5-11H2,1-4H3,(H2,22,23,26,28). The van der Waals surface area contributed by atoms with Crippen molar-refractivity contribution in [2.45, 2.75) is 65.1 Å². The van der Waals surface area contributed by atoms with Gasteiger partial charge in [0.25, 0.3) is 5.56 Å². The zero-order valence-corrected chi connectivity index (χ0v) is 19.7. The lowest BCUT2D eigenvalue weighted by molar-refractivity contribution is -0.117. The van der Waals surface area contributed by atoms with Crippen LogP contribution in [0.15, 0.2) is 9.95 Å². The van der Waals surface area contributed by atoms with Crippen molar-refractivity contribution in [2.75, 3.05) is 12.3 Å². The molecule has 0 aliphatic heterocycles. The molecule has 2 aromatic heterocycles. The van der Waals surface area contributed by atoms with E-state index in [9.17, 15) is 14.4 Å². The molecule has 3 rings (SSSR count). The van der Waals surface area contributed by atoms with Crippen molar-refractivity contribution < 1.29 is 9.59 Å². The van der Waals surface area contributed by atoms with Gasteiger partial charge in [-0.1, -0.05) is 32.5 Å². The van der Waals surface area contributed by atoms with Gasteiger partial charge in [0.2, 0.25) is 5.91 Å². The maximum Gasteiger partial charge on any atom is 0.321 e. The third-order valence-electron chi connectivity index (χ3n) is 5.23. The molecule has 0 aromatic carbocycles. The van der Waals surface area contributed by atoms with Crippen LogP contribution < -0.4 is 16.2 Å². The van der Waals surface area contributed by atoms with E-state index in [0.717, 1.165) is 35.9 Å². The highest BCUT2D eigenvalue weighted by Crippen LogP contribution is 2.36. The van der Waals surface area contributed by atoms with Crippen molar-refractivity contribution in [3.8, 4) is 0 Å². The van der Waals surface area contributed by atoms with E-state index < -0.39 is 11.9 Å². The van der Waals surface area contributed by atoms with Gasteiger partial charge in [-0.25, -0.2) is 9.78 Å². The number of aryl methyl sites for hydroxylation is 1. The Labute approximate surface area is 185 Å². The van der Waals surface area contributed by atoms with E-state index in [1.807, 2.05) is 0 Å². The average Bonchev–Trinajstić information content (AvgIpc) is 3.03. The molecule has 30 heavy (non-hydrogen) atoms. The lowest BCUT2D eigenvalue weighted by Crippen LogP contribution is -2.40. The Morgan fingerprint density at radius 1 is 1.37 bits per heavy atom. The molecule has 1 aliphatic rings. The number of carbonyl (C=O) groups is 2.